The molecule has 0 aromatic rings. The van der Waals surface area contributed by atoms with Crippen LogP contribution in [0, 0.1) is 0 Å². The molecule has 0 heterocycles. The second-order valence-corrected chi connectivity index (χ2v) is 2.35. The lowest BCUT2D eigenvalue weighted by molar-refractivity contribution is -0.109. The molecule has 9 heavy (non-hydrogen) atoms. The summed E-state index contributed by atoms with van der Waals surface area (Å²) in [7, 11) is 0. The number of hydrogen-bond donors (Lipinski definition) is 0. The van der Waals surface area contributed by atoms with Gasteiger partial charge in [-0.2, -0.15) is 0 Å². The molecular weight excluding hydrogens is 114 g/mol. The van der Waals surface area contributed by atoms with E-state index in [0.717, 1.165) is 12.8 Å². The number of nitrogens with zero attached hydrogens (tertiary/aromatic N) is 1. The van der Waals surface area contributed by atoms with Gasteiger partial charge in [-0.25, -0.2) is 0 Å². The average Bonchev–Trinajstić information content (AvgIpc) is 1.82. The lowest BCUT2D eigenvalue weighted by Gasteiger charge is -2.21. The molecule has 0 aromatic carbocycles. The lowest BCUT2D eigenvalue weighted by Crippen LogP contribution is -2.32. The molecule has 54 valence electrons. The van der Waals surface area contributed by atoms with Crippen molar-refractivity contribution in [1.29, 1.82) is 0 Å². The van der Waals surface area contributed by atoms with Crippen molar-refractivity contribution < 1.29 is 4.79 Å². The summed E-state index contributed by atoms with van der Waals surface area (Å²) in [4.78, 5) is 12.1. The van der Waals surface area contributed by atoms with Crippen molar-refractivity contribution in [2.24, 2.45) is 0 Å². The Morgan fingerprint density at radius 2 is 2.11 bits per heavy atom. The molecule has 0 amide bonds. The van der Waals surface area contributed by atoms with Crippen molar-refractivity contribution in [3.8, 4) is 0 Å². The standard InChI is InChI=1S/C7H15NO/c1-4-8(5-6-9)7(2)3/h6-7H,4-5H2,1-3H3. The highest BCUT2D eigenvalue weighted by Gasteiger charge is 2.03. The van der Waals surface area contributed by atoms with E-state index >= 15 is 0 Å². The molecule has 0 bridgehead atoms. The average molecular weight is 129 g/mol. The number of rotatable bonds is 4. The summed E-state index contributed by atoms with van der Waals surface area (Å²) in [5.74, 6) is 0. The van der Waals surface area contributed by atoms with Crippen LogP contribution in [0.5, 0.6) is 0 Å². The summed E-state index contributed by atoms with van der Waals surface area (Å²) in [6, 6.07) is 0.486. The predicted molar refractivity (Wildman–Crippen MR) is 38.4 cm³/mol. The second kappa shape index (κ2) is 4.50. The Kier molecular flexibility index (Phi) is 4.32. The zero-order chi connectivity index (χ0) is 7.28. The van der Waals surface area contributed by atoms with Gasteiger partial charge in [0.2, 0.25) is 0 Å². The summed E-state index contributed by atoms with van der Waals surface area (Å²) in [5, 5.41) is 0. The minimum absolute atomic E-state index is 0.486. The van der Waals surface area contributed by atoms with Gasteiger partial charge in [0.05, 0.1) is 6.54 Å². The molecule has 0 atom stereocenters. The van der Waals surface area contributed by atoms with E-state index in [-0.39, 0.29) is 0 Å². The fourth-order valence-electron chi connectivity index (χ4n) is 0.801. The van der Waals surface area contributed by atoms with Crippen molar-refractivity contribution in [1.82, 2.24) is 4.90 Å². The molecule has 0 spiro atoms. The smallest absolute Gasteiger partial charge is 0.133 e. The maximum atomic E-state index is 10.0. The van der Waals surface area contributed by atoms with Crippen molar-refractivity contribution in [2.75, 3.05) is 13.1 Å². The summed E-state index contributed by atoms with van der Waals surface area (Å²) in [6.07, 6.45) is 0.948. The molecule has 2 heteroatoms. The molecule has 0 radical (unpaired) electrons. The van der Waals surface area contributed by atoms with E-state index in [1.54, 1.807) is 0 Å². The number of carbonyl (C=O) groups is 1. The van der Waals surface area contributed by atoms with Gasteiger partial charge in [0.25, 0.3) is 0 Å². The summed E-state index contributed by atoms with van der Waals surface area (Å²) >= 11 is 0. The van der Waals surface area contributed by atoms with E-state index in [2.05, 4.69) is 25.7 Å². The Morgan fingerprint density at radius 3 is 2.22 bits per heavy atom. The van der Waals surface area contributed by atoms with Gasteiger partial charge in [-0.05, 0) is 20.4 Å². The zero-order valence-corrected chi connectivity index (χ0v) is 6.42. The summed E-state index contributed by atoms with van der Waals surface area (Å²) in [5.41, 5.74) is 0. The Hall–Kier alpha value is -0.370. The topological polar surface area (TPSA) is 20.3 Å². The van der Waals surface area contributed by atoms with Crippen molar-refractivity contribution in [2.45, 2.75) is 26.8 Å². The van der Waals surface area contributed by atoms with Crippen LogP contribution < -0.4 is 0 Å². The minimum Gasteiger partial charge on any atom is -0.302 e. The van der Waals surface area contributed by atoms with Gasteiger partial charge >= 0.3 is 0 Å². The van der Waals surface area contributed by atoms with E-state index in [0.29, 0.717) is 12.6 Å². The van der Waals surface area contributed by atoms with E-state index < -0.39 is 0 Å². The molecule has 2 nitrogen and oxygen atoms in total. The van der Waals surface area contributed by atoms with Gasteiger partial charge in [-0.3, -0.25) is 4.90 Å². The van der Waals surface area contributed by atoms with Gasteiger partial charge in [-0.15, -0.1) is 0 Å². The monoisotopic (exact) mass is 129 g/mol. The van der Waals surface area contributed by atoms with Crippen LogP contribution in [-0.2, 0) is 4.79 Å². The van der Waals surface area contributed by atoms with Crippen LogP contribution in [0.3, 0.4) is 0 Å². The summed E-state index contributed by atoms with van der Waals surface area (Å²) < 4.78 is 0. The maximum absolute atomic E-state index is 10.0. The first-order valence-electron chi connectivity index (χ1n) is 3.40. The number of hydrogen-bond acceptors (Lipinski definition) is 2. The first kappa shape index (κ1) is 8.63. The predicted octanol–water partition coefficient (Wildman–Crippen LogP) is 0.916. The van der Waals surface area contributed by atoms with E-state index in [1.165, 1.54) is 0 Å². The maximum Gasteiger partial charge on any atom is 0.133 e. The van der Waals surface area contributed by atoms with Crippen LogP contribution in [-0.4, -0.2) is 30.3 Å². The highest BCUT2D eigenvalue weighted by atomic mass is 16.1. The third-order valence-corrected chi connectivity index (χ3v) is 1.45. The zero-order valence-electron chi connectivity index (χ0n) is 6.42. The van der Waals surface area contributed by atoms with Crippen molar-refractivity contribution in [3.05, 3.63) is 0 Å². The Bertz CT molecular complexity index is 81.0. The summed E-state index contributed by atoms with van der Waals surface area (Å²) in [6.45, 7) is 7.76. The molecule has 0 fully saturated rings. The van der Waals surface area contributed by atoms with Gasteiger partial charge in [0.1, 0.15) is 6.29 Å². The van der Waals surface area contributed by atoms with E-state index in [1.807, 2.05) is 0 Å². The molecule has 0 aliphatic carbocycles. The van der Waals surface area contributed by atoms with Gasteiger partial charge in [0.15, 0.2) is 0 Å². The van der Waals surface area contributed by atoms with Gasteiger partial charge < -0.3 is 4.79 Å². The highest BCUT2D eigenvalue weighted by Crippen LogP contribution is 1.93. The molecule has 0 aliphatic heterocycles. The van der Waals surface area contributed by atoms with E-state index in [4.69, 9.17) is 0 Å². The second-order valence-electron chi connectivity index (χ2n) is 2.35. The Balaban J connectivity index is 3.53. The first-order chi connectivity index (χ1) is 4.22. The van der Waals surface area contributed by atoms with Crippen LogP contribution in [0.1, 0.15) is 20.8 Å². The number of aldehydes is 1. The largest absolute Gasteiger partial charge is 0.302 e. The number of carbonyl (C=O) groups excluding carboxylic acids is 1. The third-order valence-electron chi connectivity index (χ3n) is 1.45. The van der Waals surface area contributed by atoms with Crippen molar-refractivity contribution >= 4 is 6.29 Å². The molecule has 0 N–H and O–H groups in total. The van der Waals surface area contributed by atoms with Crippen LogP contribution in [0.15, 0.2) is 0 Å². The van der Waals surface area contributed by atoms with Crippen LogP contribution >= 0.6 is 0 Å². The highest BCUT2D eigenvalue weighted by molar-refractivity contribution is 5.51. The quantitative estimate of drug-likeness (QED) is 0.526. The minimum atomic E-state index is 0.486. The van der Waals surface area contributed by atoms with E-state index in [9.17, 15) is 4.79 Å². The SMILES string of the molecule is CCN(CC=O)C(C)C. The molecule has 0 aliphatic rings. The third kappa shape index (κ3) is 3.25. The fourth-order valence-corrected chi connectivity index (χ4v) is 0.801. The van der Waals surface area contributed by atoms with Crippen LogP contribution in [0.4, 0.5) is 0 Å². The number of likely N-dealkylation sites (N-methyl/N-ethyl adjacent to an activating group) is 1. The molecule has 0 unspecified atom stereocenters. The van der Waals surface area contributed by atoms with Gasteiger partial charge in [0, 0.05) is 6.04 Å². The first-order valence-corrected chi connectivity index (χ1v) is 3.40. The van der Waals surface area contributed by atoms with Crippen molar-refractivity contribution in [3.63, 3.8) is 0 Å². The molecule has 0 saturated heterocycles. The molecular formula is C7H15NO. The molecule has 0 rings (SSSR count). The Morgan fingerprint density at radius 1 is 1.56 bits per heavy atom. The van der Waals surface area contributed by atoms with Crippen LogP contribution in [0.25, 0.3) is 0 Å². The lowest BCUT2D eigenvalue weighted by atomic mass is 10.3. The van der Waals surface area contributed by atoms with Gasteiger partial charge in [-0.1, -0.05) is 6.92 Å². The molecule has 0 aromatic heterocycles. The normalized spacial score (nSPS) is 10.8. The Labute approximate surface area is 56.9 Å². The molecule has 0 saturated carbocycles. The van der Waals surface area contributed by atoms with Crippen LogP contribution in [0.2, 0.25) is 0 Å². The fraction of sp³-hybridized carbons (Fsp3) is 0.857.